The lowest BCUT2D eigenvalue weighted by Crippen LogP contribution is -2.21. The minimum absolute atomic E-state index is 0. The molecule has 0 N–H and O–H groups in total. The monoisotopic (exact) mass is 309 g/mol. The molecule has 76 valence electrons. The minimum atomic E-state index is 0. The van der Waals surface area contributed by atoms with Crippen LogP contribution in [0.5, 0.6) is 0 Å². The topological polar surface area (TPSA) is 3.24 Å². The van der Waals surface area contributed by atoms with Gasteiger partial charge >= 0.3 is 0 Å². The summed E-state index contributed by atoms with van der Waals surface area (Å²) >= 11 is 0. The second-order valence-corrected chi connectivity index (χ2v) is 2.51. The third kappa shape index (κ3) is 4.67. The summed E-state index contributed by atoms with van der Waals surface area (Å²) in [6.45, 7) is 6.52. The normalized spacial score (nSPS) is 8.15. The summed E-state index contributed by atoms with van der Waals surface area (Å²) in [5.74, 6) is 0. The zero-order valence-corrected chi connectivity index (χ0v) is 11.5. The number of halogens is 2. The molecule has 0 saturated carbocycles. The highest BCUT2D eigenvalue weighted by molar-refractivity contribution is 8.93. The maximum absolute atomic E-state index is 2.33. The van der Waals surface area contributed by atoms with E-state index >= 15 is 0 Å². The molecule has 1 aromatic rings. The summed E-state index contributed by atoms with van der Waals surface area (Å²) in [6.07, 6.45) is 0. The van der Waals surface area contributed by atoms with Crippen molar-refractivity contribution in [3.8, 4) is 0 Å². The average molecular weight is 311 g/mol. The number of benzene rings is 1. The van der Waals surface area contributed by atoms with Gasteiger partial charge < -0.3 is 4.90 Å². The molecule has 0 spiro atoms. The van der Waals surface area contributed by atoms with Crippen LogP contribution in [0, 0.1) is 0 Å². The molecule has 0 fully saturated rings. The molecule has 0 aliphatic carbocycles. The van der Waals surface area contributed by atoms with E-state index in [2.05, 4.69) is 43.0 Å². The van der Waals surface area contributed by atoms with Crippen molar-refractivity contribution >= 4 is 39.7 Å². The highest BCUT2D eigenvalue weighted by Gasteiger charge is 1.97. The van der Waals surface area contributed by atoms with Crippen molar-refractivity contribution in [2.45, 2.75) is 13.8 Å². The van der Waals surface area contributed by atoms with Crippen molar-refractivity contribution in [1.82, 2.24) is 0 Å². The van der Waals surface area contributed by atoms with E-state index in [-0.39, 0.29) is 34.0 Å². The van der Waals surface area contributed by atoms with Gasteiger partial charge in [-0.15, -0.1) is 34.0 Å². The van der Waals surface area contributed by atoms with Gasteiger partial charge in [0.25, 0.3) is 0 Å². The second-order valence-electron chi connectivity index (χ2n) is 2.51. The molecule has 0 aliphatic heterocycles. The maximum atomic E-state index is 2.33. The van der Waals surface area contributed by atoms with E-state index in [4.69, 9.17) is 0 Å². The molecule has 0 saturated heterocycles. The van der Waals surface area contributed by atoms with E-state index in [1.165, 1.54) is 5.69 Å². The van der Waals surface area contributed by atoms with E-state index in [0.29, 0.717) is 0 Å². The van der Waals surface area contributed by atoms with Crippen molar-refractivity contribution in [3.05, 3.63) is 30.3 Å². The standard InChI is InChI=1S/C10H15N.2BrH/c1-3-11(4-2)10-8-6-5-7-9-10;;/h5-9H,3-4H2,1-2H3;2*1H. The Balaban J connectivity index is 0. The molecular weight excluding hydrogens is 294 g/mol. The third-order valence-electron chi connectivity index (χ3n) is 1.88. The zero-order chi connectivity index (χ0) is 8.10. The van der Waals surface area contributed by atoms with Crippen LogP contribution in [0.3, 0.4) is 0 Å². The Bertz CT molecular complexity index is 197. The van der Waals surface area contributed by atoms with Crippen molar-refractivity contribution in [3.63, 3.8) is 0 Å². The van der Waals surface area contributed by atoms with Crippen molar-refractivity contribution < 1.29 is 0 Å². The van der Waals surface area contributed by atoms with Gasteiger partial charge in [-0.2, -0.15) is 0 Å². The predicted molar refractivity (Wildman–Crippen MR) is 70.6 cm³/mol. The lowest BCUT2D eigenvalue weighted by atomic mass is 10.3. The van der Waals surface area contributed by atoms with E-state index in [1.807, 2.05) is 6.07 Å². The highest BCUT2D eigenvalue weighted by atomic mass is 79.9. The lowest BCUT2D eigenvalue weighted by molar-refractivity contribution is 0.866. The van der Waals surface area contributed by atoms with Crippen molar-refractivity contribution in [2.75, 3.05) is 18.0 Å². The van der Waals surface area contributed by atoms with Crippen LogP contribution in [-0.2, 0) is 0 Å². The molecule has 0 aromatic heterocycles. The summed E-state index contributed by atoms with van der Waals surface area (Å²) in [5.41, 5.74) is 1.32. The maximum Gasteiger partial charge on any atom is 0.0365 e. The molecule has 0 aliphatic rings. The number of hydrogen-bond donors (Lipinski definition) is 0. The first-order valence-corrected chi connectivity index (χ1v) is 4.18. The van der Waals surface area contributed by atoms with Gasteiger partial charge in [-0.1, -0.05) is 18.2 Å². The molecular formula is C10H17Br2N. The molecule has 0 radical (unpaired) electrons. The van der Waals surface area contributed by atoms with Crippen LogP contribution in [-0.4, -0.2) is 13.1 Å². The third-order valence-corrected chi connectivity index (χ3v) is 1.88. The molecule has 0 bridgehead atoms. The molecule has 0 unspecified atom stereocenters. The summed E-state index contributed by atoms with van der Waals surface area (Å²) in [5, 5.41) is 0. The fraction of sp³-hybridized carbons (Fsp3) is 0.400. The summed E-state index contributed by atoms with van der Waals surface area (Å²) < 4.78 is 0. The fourth-order valence-corrected chi connectivity index (χ4v) is 1.23. The lowest BCUT2D eigenvalue weighted by Gasteiger charge is -2.20. The first-order valence-electron chi connectivity index (χ1n) is 4.18. The number of hydrogen-bond acceptors (Lipinski definition) is 1. The summed E-state index contributed by atoms with van der Waals surface area (Å²) in [7, 11) is 0. The molecule has 1 nitrogen and oxygen atoms in total. The van der Waals surface area contributed by atoms with E-state index in [9.17, 15) is 0 Å². The SMILES string of the molecule is Br.Br.CCN(CC)c1ccccc1. The van der Waals surface area contributed by atoms with Crippen LogP contribution in [0.1, 0.15) is 13.8 Å². The van der Waals surface area contributed by atoms with E-state index < -0.39 is 0 Å². The molecule has 3 heteroatoms. The van der Waals surface area contributed by atoms with Gasteiger partial charge in [0.1, 0.15) is 0 Å². The van der Waals surface area contributed by atoms with Gasteiger partial charge in [0.2, 0.25) is 0 Å². The van der Waals surface area contributed by atoms with Gasteiger partial charge in [0.05, 0.1) is 0 Å². The van der Waals surface area contributed by atoms with Crippen LogP contribution < -0.4 is 4.90 Å². The van der Waals surface area contributed by atoms with Gasteiger partial charge in [-0.25, -0.2) is 0 Å². The first-order chi connectivity index (χ1) is 5.38. The van der Waals surface area contributed by atoms with Gasteiger partial charge in [0.15, 0.2) is 0 Å². The first kappa shape index (κ1) is 15.5. The Labute approximate surface area is 102 Å². The molecule has 0 amide bonds. The molecule has 0 atom stereocenters. The molecule has 1 rings (SSSR count). The number of rotatable bonds is 3. The van der Waals surface area contributed by atoms with Crippen LogP contribution in [0.2, 0.25) is 0 Å². The molecule has 13 heavy (non-hydrogen) atoms. The minimum Gasteiger partial charge on any atom is -0.372 e. The van der Waals surface area contributed by atoms with Crippen molar-refractivity contribution in [2.24, 2.45) is 0 Å². The predicted octanol–water partition coefficient (Wildman–Crippen LogP) is 3.69. The average Bonchev–Trinajstić information content (AvgIpc) is 2.09. The Kier molecular flexibility index (Phi) is 10.2. The fourth-order valence-electron chi connectivity index (χ4n) is 1.23. The largest absolute Gasteiger partial charge is 0.372 e. The second kappa shape index (κ2) is 8.57. The van der Waals surface area contributed by atoms with Gasteiger partial charge in [0, 0.05) is 18.8 Å². The summed E-state index contributed by atoms with van der Waals surface area (Å²) in [4.78, 5) is 2.33. The van der Waals surface area contributed by atoms with Crippen LogP contribution >= 0.6 is 34.0 Å². The quantitative estimate of drug-likeness (QED) is 0.823. The Morgan fingerprint density at radius 3 is 1.77 bits per heavy atom. The van der Waals surface area contributed by atoms with Crippen LogP contribution in [0.15, 0.2) is 30.3 Å². The van der Waals surface area contributed by atoms with Crippen LogP contribution in [0.4, 0.5) is 5.69 Å². The number of para-hydroxylation sites is 1. The van der Waals surface area contributed by atoms with E-state index in [1.54, 1.807) is 0 Å². The Morgan fingerprint density at radius 2 is 1.38 bits per heavy atom. The molecule has 0 heterocycles. The smallest absolute Gasteiger partial charge is 0.0365 e. The van der Waals surface area contributed by atoms with Crippen molar-refractivity contribution in [1.29, 1.82) is 0 Å². The van der Waals surface area contributed by atoms with Gasteiger partial charge in [-0.05, 0) is 26.0 Å². The summed E-state index contributed by atoms with van der Waals surface area (Å²) in [6, 6.07) is 10.5. The highest BCUT2D eigenvalue weighted by Crippen LogP contribution is 2.11. The number of anilines is 1. The van der Waals surface area contributed by atoms with E-state index in [0.717, 1.165) is 13.1 Å². The Morgan fingerprint density at radius 1 is 0.923 bits per heavy atom. The molecule has 1 aromatic carbocycles. The zero-order valence-electron chi connectivity index (χ0n) is 8.06. The Hall–Kier alpha value is -0.0200. The number of nitrogens with zero attached hydrogens (tertiary/aromatic N) is 1. The van der Waals surface area contributed by atoms with Crippen LogP contribution in [0.25, 0.3) is 0 Å². The van der Waals surface area contributed by atoms with Gasteiger partial charge in [-0.3, -0.25) is 0 Å².